The van der Waals surface area contributed by atoms with E-state index in [1.165, 1.54) is 31.7 Å². The molecular formula is C17H31IN6O. The first-order valence-electron chi connectivity index (χ1n) is 9.12. The Labute approximate surface area is 167 Å². The maximum Gasteiger partial charge on any atom is 0.191 e. The van der Waals surface area contributed by atoms with E-state index in [1.807, 2.05) is 7.05 Å². The maximum absolute atomic E-state index is 5.43. The van der Waals surface area contributed by atoms with Gasteiger partial charge in [-0.15, -0.1) is 24.0 Å². The molecule has 0 saturated carbocycles. The van der Waals surface area contributed by atoms with Crippen molar-refractivity contribution in [1.82, 2.24) is 25.6 Å². The third-order valence-corrected chi connectivity index (χ3v) is 5.16. The summed E-state index contributed by atoms with van der Waals surface area (Å²) in [4.78, 5) is 9.50. The van der Waals surface area contributed by atoms with Crippen molar-refractivity contribution in [2.24, 2.45) is 4.99 Å². The van der Waals surface area contributed by atoms with Gasteiger partial charge in [0.05, 0.1) is 5.69 Å². The molecule has 8 heteroatoms. The van der Waals surface area contributed by atoms with Crippen molar-refractivity contribution in [1.29, 1.82) is 0 Å². The molecule has 142 valence electrons. The number of piperazine rings is 3. The normalized spacial score (nSPS) is 25.6. The second-order valence-electron chi connectivity index (χ2n) is 6.54. The molecule has 0 aliphatic carbocycles. The lowest BCUT2D eigenvalue weighted by atomic mass is 10.1. The van der Waals surface area contributed by atoms with Gasteiger partial charge >= 0.3 is 0 Å². The summed E-state index contributed by atoms with van der Waals surface area (Å²) in [5.41, 5.74) is 2.22. The molecule has 4 heterocycles. The number of nitrogens with one attached hydrogen (secondary N) is 2. The fourth-order valence-corrected chi connectivity index (χ4v) is 3.66. The maximum atomic E-state index is 5.43. The van der Waals surface area contributed by atoms with Crippen LogP contribution in [0.15, 0.2) is 9.52 Å². The fourth-order valence-electron chi connectivity index (χ4n) is 3.66. The van der Waals surface area contributed by atoms with E-state index >= 15 is 0 Å². The molecular weight excluding hydrogens is 431 g/mol. The van der Waals surface area contributed by atoms with E-state index in [-0.39, 0.29) is 24.0 Å². The first-order valence-corrected chi connectivity index (χ1v) is 9.12. The lowest BCUT2D eigenvalue weighted by molar-refractivity contribution is 0.0154. The highest BCUT2D eigenvalue weighted by atomic mass is 127. The predicted molar refractivity (Wildman–Crippen MR) is 111 cm³/mol. The summed E-state index contributed by atoms with van der Waals surface area (Å²) < 4.78 is 5.43. The highest BCUT2D eigenvalue weighted by molar-refractivity contribution is 14.0. The molecule has 4 rings (SSSR count). The van der Waals surface area contributed by atoms with Crippen LogP contribution in [0.4, 0.5) is 0 Å². The Bertz CT molecular complexity index is 546. The number of aliphatic imine (C=N–C) groups is 1. The Morgan fingerprint density at radius 2 is 1.96 bits per heavy atom. The molecule has 1 atom stereocenters. The molecule has 3 aliphatic rings. The zero-order valence-electron chi connectivity index (χ0n) is 15.5. The van der Waals surface area contributed by atoms with Gasteiger partial charge in [0.25, 0.3) is 0 Å². The van der Waals surface area contributed by atoms with Gasteiger partial charge in [-0.2, -0.15) is 0 Å². The lowest BCUT2D eigenvalue weighted by Gasteiger charge is -2.47. The van der Waals surface area contributed by atoms with Gasteiger partial charge in [-0.25, -0.2) is 0 Å². The molecule has 2 N–H and O–H groups in total. The molecule has 1 unspecified atom stereocenters. The first-order chi connectivity index (χ1) is 11.7. The van der Waals surface area contributed by atoms with Gasteiger partial charge in [-0.1, -0.05) is 19.0 Å². The molecule has 0 radical (unpaired) electrons. The van der Waals surface area contributed by atoms with Crippen LogP contribution in [0, 0.1) is 0 Å². The van der Waals surface area contributed by atoms with Crippen molar-refractivity contribution in [2.45, 2.75) is 39.3 Å². The van der Waals surface area contributed by atoms with Gasteiger partial charge in [0.1, 0.15) is 5.76 Å². The van der Waals surface area contributed by atoms with Crippen molar-refractivity contribution in [3.63, 3.8) is 0 Å². The van der Waals surface area contributed by atoms with Crippen LogP contribution in [0.25, 0.3) is 0 Å². The number of aryl methyl sites for hydroxylation is 2. The molecule has 0 aromatic carbocycles. The highest BCUT2D eigenvalue weighted by Gasteiger charge is 2.31. The van der Waals surface area contributed by atoms with Crippen LogP contribution < -0.4 is 10.6 Å². The number of guanidine groups is 1. The lowest BCUT2D eigenvalue weighted by Crippen LogP contribution is -2.63. The van der Waals surface area contributed by atoms with E-state index in [4.69, 9.17) is 4.52 Å². The quantitative estimate of drug-likeness (QED) is 0.375. The summed E-state index contributed by atoms with van der Waals surface area (Å²) in [6, 6.07) is 0.582. The number of rotatable bonds is 6. The second-order valence-corrected chi connectivity index (χ2v) is 6.54. The van der Waals surface area contributed by atoms with Crippen molar-refractivity contribution in [3.05, 3.63) is 17.0 Å². The molecule has 3 saturated heterocycles. The van der Waals surface area contributed by atoms with E-state index < -0.39 is 0 Å². The van der Waals surface area contributed by atoms with Crippen LogP contribution in [0.3, 0.4) is 0 Å². The Kier molecular flexibility index (Phi) is 7.95. The molecule has 3 aliphatic heterocycles. The summed E-state index contributed by atoms with van der Waals surface area (Å²) in [6.45, 7) is 11.8. The molecule has 1 aromatic rings. The third kappa shape index (κ3) is 4.85. The number of nitrogens with zero attached hydrogens (tertiary/aromatic N) is 4. The topological polar surface area (TPSA) is 68.9 Å². The highest BCUT2D eigenvalue weighted by Crippen LogP contribution is 2.16. The van der Waals surface area contributed by atoms with Crippen LogP contribution in [0.2, 0.25) is 0 Å². The molecule has 7 nitrogen and oxygen atoms in total. The number of aromatic nitrogens is 1. The van der Waals surface area contributed by atoms with Gasteiger partial charge < -0.3 is 15.2 Å². The van der Waals surface area contributed by atoms with Crippen molar-refractivity contribution in [3.8, 4) is 0 Å². The zero-order chi connectivity index (χ0) is 16.9. The van der Waals surface area contributed by atoms with E-state index in [1.54, 1.807) is 0 Å². The van der Waals surface area contributed by atoms with Gasteiger partial charge in [0, 0.05) is 70.9 Å². The van der Waals surface area contributed by atoms with E-state index in [0.717, 1.165) is 43.3 Å². The van der Waals surface area contributed by atoms with Crippen molar-refractivity contribution >= 4 is 29.9 Å². The van der Waals surface area contributed by atoms with Crippen LogP contribution in [-0.4, -0.2) is 73.3 Å². The summed E-state index contributed by atoms with van der Waals surface area (Å²) in [7, 11) is 1.82. The minimum Gasteiger partial charge on any atom is -0.361 e. The Morgan fingerprint density at radius 1 is 1.20 bits per heavy atom. The number of fused-ring (bicyclic) bond motifs is 3. The smallest absolute Gasteiger partial charge is 0.191 e. The number of halogens is 1. The van der Waals surface area contributed by atoms with Gasteiger partial charge in [-0.3, -0.25) is 14.8 Å². The Hall–Kier alpha value is -0.870. The summed E-state index contributed by atoms with van der Waals surface area (Å²) in [5, 5.41) is 11.1. The monoisotopic (exact) mass is 462 g/mol. The van der Waals surface area contributed by atoms with Crippen LogP contribution in [-0.2, 0) is 19.4 Å². The number of hydrogen-bond donors (Lipinski definition) is 2. The molecule has 1 aromatic heterocycles. The third-order valence-electron chi connectivity index (χ3n) is 5.16. The van der Waals surface area contributed by atoms with Crippen LogP contribution >= 0.6 is 24.0 Å². The summed E-state index contributed by atoms with van der Waals surface area (Å²) in [6.07, 6.45) is 1.75. The van der Waals surface area contributed by atoms with Gasteiger partial charge in [-0.05, 0) is 6.42 Å². The Balaban J connectivity index is 0.00000225. The van der Waals surface area contributed by atoms with E-state index in [2.05, 4.69) is 44.4 Å². The zero-order valence-corrected chi connectivity index (χ0v) is 17.9. The molecule has 25 heavy (non-hydrogen) atoms. The molecule has 0 amide bonds. The summed E-state index contributed by atoms with van der Waals surface area (Å²) >= 11 is 0. The summed E-state index contributed by atoms with van der Waals surface area (Å²) in [5.74, 6) is 1.82. The minimum atomic E-state index is 0. The minimum absolute atomic E-state index is 0. The van der Waals surface area contributed by atoms with E-state index in [0.29, 0.717) is 12.6 Å². The van der Waals surface area contributed by atoms with Gasteiger partial charge in [0.2, 0.25) is 0 Å². The standard InChI is InChI=1S/C17H30N6O.HI/c1-4-15-14(16(5-2)24-21-15)11-20-17(18-3)19-10-13-12-22-6-8-23(13)9-7-22;/h13H,4-12H2,1-3H3,(H2,18,19,20);1H. The average Bonchev–Trinajstić information content (AvgIpc) is 3.05. The predicted octanol–water partition coefficient (Wildman–Crippen LogP) is 1.08. The molecule has 2 bridgehead atoms. The van der Waals surface area contributed by atoms with Gasteiger partial charge in [0.15, 0.2) is 5.96 Å². The molecule has 0 spiro atoms. The van der Waals surface area contributed by atoms with Crippen LogP contribution in [0.5, 0.6) is 0 Å². The Morgan fingerprint density at radius 3 is 2.52 bits per heavy atom. The van der Waals surface area contributed by atoms with Crippen LogP contribution in [0.1, 0.15) is 30.9 Å². The number of hydrogen-bond acceptors (Lipinski definition) is 5. The van der Waals surface area contributed by atoms with E-state index in [9.17, 15) is 0 Å². The fraction of sp³-hybridized carbons (Fsp3) is 0.765. The second kappa shape index (κ2) is 9.72. The van der Waals surface area contributed by atoms with Crippen molar-refractivity contribution in [2.75, 3.05) is 46.3 Å². The average molecular weight is 462 g/mol. The SMILES string of the molecule is CCc1noc(CC)c1CNC(=NC)NCC1CN2CCN1CC2.I. The first kappa shape index (κ1) is 20.4. The van der Waals surface area contributed by atoms with Crippen molar-refractivity contribution < 1.29 is 4.52 Å². The largest absolute Gasteiger partial charge is 0.361 e. The molecule has 3 fully saturated rings.